The number of hydrogen-bond acceptors (Lipinski definition) is 2. The molecule has 0 bridgehead atoms. The van der Waals surface area contributed by atoms with E-state index in [2.05, 4.69) is 0 Å². The summed E-state index contributed by atoms with van der Waals surface area (Å²) >= 11 is 0. The van der Waals surface area contributed by atoms with Crippen molar-refractivity contribution in [1.82, 2.24) is 0 Å². The molecule has 0 unspecified atom stereocenters. The first-order chi connectivity index (χ1) is 12.6. The van der Waals surface area contributed by atoms with Gasteiger partial charge in [-0.1, -0.05) is 11.6 Å². The van der Waals surface area contributed by atoms with Gasteiger partial charge in [0.05, 0.1) is 17.2 Å². The first-order valence-corrected chi connectivity index (χ1v) is 8.18. The van der Waals surface area contributed by atoms with E-state index in [0.29, 0.717) is 11.1 Å². The number of rotatable bonds is 2. The molecule has 0 saturated carbocycles. The summed E-state index contributed by atoms with van der Waals surface area (Å²) in [6, 6.07) is 6.91. The summed E-state index contributed by atoms with van der Waals surface area (Å²) in [5.41, 5.74) is -0.175. The van der Waals surface area contributed by atoms with Crippen molar-refractivity contribution in [2.75, 3.05) is 0 Å². The van der Waals surface area contributed by atoms with Crippen LogP contribution in [-0.2, 0) is 12.4 Å². The first kappa shape index (κ1) is 23.7. The van der Waals surface area contributed by atoms with Crippen LogP contribution in [0.1, 0.15) is 59.6 Å². The summed E-state index contributed by atoms with van der Waals surface area (Å²) in [7, 11) is 0. The molecule has 1 N–H and O–H groups in total. The lowest BCUT2D eigenvalue weighted by Gasteiger charge is -2.11. The number of Topliss-reactive ketones (excluding diaryl/α,β-unsaturated/α-hetero) is 1. The Labute approximate surface area is 160 Å². The molecule has 0 heterocycles. The number of carbonyl (C=O) groups excluding carboxylic acids is 1. The Hall–Kier alpha value is -2.35. The molecule has 8 heteroatoms. The van der Waals surface area contributed by atoms with Gasteiger partial charge in [0.1, 0.15) is 0 Å². The van der Waals surface area contributed by atoms with Crippen molar-refractivity contribution in [2.24, 2.45) is 0 Å². The highest BCUT2D eigenvalue weighted by molar-refractivity contribution is 5.94. The van der Waals surface area contributed by atoms with Gasteiger partial charge in [-0.25, -0.2) is 0 Å². The van der Waals surface area contributed by atoms with Crippen LogP contribution in [0.3, 0.4) is 0 Å². The van der Waals surface area contributed by atoms with Gasteiger partial charge < -0.3 is 5.11 Å². The second-order valence-electron chi connectivity index (χ2n) is 6.45. The Kier molecular flexibility index (Phi) is 7.42. The van der Waals surface area contributed by atoms with Gasteiger partial charge in [-0.3, -0.25) is 4.79 Å². The van der Waals surface area contributed by atoms with Crippen molar-refractivity contribution in [3.05, 3.63) is 69.8 Å². The van der Waals surface area contributed by atoms with E-state index in [1.807, 2.05) is 0 Å². The summed E-state index contributed by atoms with van der Waals surface area (Å²) in [6.45, 7) is 5.78. The van der Waals surface area contributed by atoms with E-state index in [0.717, 1.165) is 24.3 Å². The second-order valence-corrected chi connectivity index (χ2v) is 6.45. The largest absolute Gasteiger partial charge is 0.416 e. The van der Waals surface area contributed by atoms with E-state index in [1.165, 1.54) is 26.8 Å². The van der Waals surface area contributed by atoms with Gasteiger partial charge in [0.2, 0.25) is 0 Å². The van der Waals surface area contributed by atoms with E-state index in [1.54, 1.807) is 13.0 Å². The fourth-order valence-electron chi connectivity index (χ4n) is 2.37. The molecule has 2 aromatic rings. The summed E-state index contributed by atoms with van der Waals surface area (Å²) in [6.07, 6.45) is -9.62. The van der Waals surface area contributed by atoms with Crippen LogP contribution in [0.15, 0.2) is 36.4 Å². The van der Waals surface area contributed by atoms with Crippen molar-refractivity contribution in [3.8, 4) is 0 Å². The van der Waals surface area contributed by atoms with Crippen LogP contribution >= 0.6 is 0 Å². The van der Waals surface area contributed by atoms with Crippen molar-refractivity contribution in [2.45, 2.75) is 46.2 Å². The molecule has 0 aliphatic heterocycles. The lowest BCUT2D eigenvalue weighted by molar-refractivity contribution is -0.138. The topological polar surface area (TPSA) is 37.3 Å². The smallest absolute Gasteiger partial charge is 0.389 e. The standard InChI is InChI=1S/C10H11F3O.C10H9F3O.H2/c2*1-6-3-8(7(2)14)5-9(4-6)10(11,12)13;/h3-5,7,14H,1-2H3;3-5H,1-2H3;1H/t7-;;/m1../s1. The average Bonchev–Trinajstić information content (AvgIpc) is 2.52. The number of aliphatic hydroxyl groups is 1. The lowest BCUT2D eigenvalue weighted by Crippen LogP contribution is -2.07. The number of carbonyl (C=O) groups is 1. The Morgan fingerprint density at radius 1 is 0.857 bits per heavy atom. The molecule has 2 aromatic carbocycles. The summed E-state index contributed by atoms with van der Waals surface area (Å²) < 4.78 is 73.9. The number of aryl methyl sites for hydroxylation is 2. The predicted molar refractivity (Wildman–Crippen MR) is 95.1 cm³/mol. The monoisotopic (exact) mass is 408 g/mol. The highest BCUT2D eigenvalue weighted by Gasteiger charge is 2.31. The van der Waals surface area contributed by atoms with Crippen molar-refractivity contribution in [3.63, 3.8) is 0 Å². The molecule has 0 saturated heterocycles. The maximum Gasteiger partial charge on any atom is 0.416 e. The van der Waals surface area contributed by atoms with Crippen LogP contribution in [-0.4, -0.2) is 10.9 Å². The summed E-state index contributed by atoms with van der Waals surface area (Å²) in [5, 5.41) is 9.17. The zero-order chi connectivity index (χ0) is 21.9. The number of alkyl halides is 6. The third-order valence-corrected chi connectivity index (χ3v) is 3.72. The molecule has 0 fully saturated rings. The van der Waals surface area contributed by atoms with Gasteiger partial charge in [0.15, 0.2) is 5.78 Å². The Bertz CT molecular complexity index is 842. The van der Waals surface area contributed by atoms with Gasteiger partial charge >= 0.3 is 12.4 Å². The highest BCUT2D eigenvalue weighted by atomic mass is 19.4. The normalized spacial score (nSPS) is 12.8. The Morgan fingerprint density at radius 2 is 1.29 bits per heavy atom. The van der Waals surface area contributed by atoms with Crippen LogP contribution in [0.5, 0.6) is 0 Å². The minimum absolute atomic E-state index is 0. The molecule has 0 aliphatic carbocycles. The van der Waals surface area contributed by atoms with Crippen molar-refractivity contribution >= 4 is 5.78 Å². The average molecular weight is 408 g/mol. The molecule has 0 spiro atoms. The SMILES string of the molecule is CC(=O)c1cc(C)cc(C(F)(F)F)c1.Cc1cc([C@@H](C)O)cc(C(F)(F)F)c1.[HH]. The van der Waals surface area contributed by atoms with Crippen LogP contribution in [0, 0.1) is 13.8 Å². The van der Waals surface area contributed by atoms with E-state index >= 15 is 0 Å². The molecule has 2 nitrogen and oxygen atoms in total. The molecule has 0 radical (unpaired) electrons. The molecule has 0 amide bonds. The minimum atomic E-state index is -4.39. The molecule has 2 rings (SSSR count). The highest BCUT2D eigenvalue weighted by Crippen LogP contribution is 2.32. The van der Waals surface area contributed by atoms with Crippen LogP contribution in [0.25, 0.3) is 0 Å². The van der Waals surface area contributed by atoms with E-state index in [-0.39, 0.29) is 18.3 Å². The number of ketones is 1. The third-order valence-electron chi connectivity index (χ3n) is 3.72. The first-order valence-electron chi connectivity index (χ1n) is 8.18. The number of halogens is 6. The van der Waals surface area contributed by atoms with E-state index in [9.17, 15) is 36.2 Å². The molecule has 0 aromatic heterocycles. The fourth-order valence-corrected chi connectivity index (χ4v) is 2.37. The predicted octanol–water partition coefficient (Wildman–Crippen LogP) is 6.53. The third kappa shape index (κ3) is 6.99. The fraction of sp³-hybridized carbons (Fsp3) is 0.350. The molecule has 28 heavy (non-hydrogen) atoms. The zero-order valence-electron chi connectivity index (χ0n) is 15.7. The number of benzene rings is 2. The maximum atomic E-state index is 12.3. The van der Waals surface area contributed by atoms with E-state index in [4.69, 9.17) is 0 Å². The summed E-state index contributed by atoms with van der Waals surface area (Å²) in [4.78, 5) is 10.9. The molecule has 156 valence electrons. The second kappa shape index (κ2) is 8.77. The quantitative estimate of drug-likeness (QED) is 0.453. The van der Waals surface area contributed by atoms with Crippen LogP contribution < -0.4 is 0 Å². The molecule has 1 atom stereocenters. The zero-order valence-corrected chi connectivity index (χ0v) is 15.7. The van der Waals surface area contributed by atoms with Gasteiger partial charge in [-0.15, -0.1) is 0 Å². The van der Waals surface area contributed by atoms with Crippen LogP contribution in [0.4, 0.5) is 26.3 Å². The lowest BCUT2D eigenvalue weighted by atomic mass is 10.0. The van der Waals surface area contributed by atoms with Gasteiger partial charge in [0.25, 0.3) is 0 Å². The Balaban J connectivity index is 0.000000523. The van der Waals surface area contributed by atoms with Gasteiger partial charge in [0, 0.05) is 6.99 Å². The molecular weight excluding hydrogens is 386 g/mol. The maximum absolute atomic E-state index is 12.3. The van der Waals surface area contributed by atoms with Gasteiger partial charge in [-0.2, -0.15) is 26.3 Å². The number of hydrogen-bond donors (Lipinski definition) is 1. The molecular formula is C20H22F6O2. The van der Waals surface area contributed by atoms with Crippen molar-refractivity contribution in [1.29, 1.82) is 0 Å². The number of aliphatic hydroxyl groups excluding tert-OH is 1. The summed E-state index contributed by atoms with van der Waals surface area (Å²) in [5.74, 6) is -0.362. The van der Waals surface area contributed by atoms with Gasteiger partial charge in [-0.05, 0) is 69.2 Å². The van der Waals surface area contributed by atoms with Crippen LogP contribution in [0.2, 0.25) is 0 Å². The Morgan fingerprint density at radius 3 is 1.68 bits per heavy atom. The minimum Gasteiger partial charge on any atom is -0.389 e. The van der Waals surface area contributed by atoms with E-state index < -0.39 is 29.6 Å². The molecule has 0 aliphatic rings. The van der Waals surface area contributed by atoms with Crippen molar-refractivity contribution < 1.29 is 37.7 Å².